The molecule has 2 atom stereocenters. The predicted molar refractivity (Wildman–Crippen MR) is 122 cm³/mol. The van der Waals surface area contributed by atoms with Gasteiger partial charge in [-0.3, -0.25) is 14.5 Å². The van der Waals surface area contributed by atoms with Gasteiger partial charge >= 0.3 is 6.18 Å². The summed E-state index contributed by atoms with van der Waals surface area (Å²) < 4.78 is 74.0. The summed E-state index contributed by atoms with van der Waals surface area (Å²) in [4.78, 5) is 26.2. The van der Waals surface area contributed by atoms with Crippen molar-refractivity contribution in [3.8, 4) is 17.0 Å². The van der Waals surface area contributed by atoms with Crippen molar-refractivity contribution in [2.45, 2.75) is 31.5 Å². The zero-order chi connectivity index (χ0) is 27.0. The Morgan fingerprint density at radius 1 is 1.19 bits per heavy atom. The number of hydrogen-bond donors (Lipinski definition) is 1. The molecule has 0 aliphatic carbocycles. The topological polar surface area (TPSA) is 98.1 Å². The Hall–Kier alpha value is -3.84. The van der Waals surface area contributed by atoms with Crippen molar-refractivity contribution < 1.29 is 31.5 Å². The summed E-state index contributed by atoms with van der Waals surface area (Å²) in [6, 6.07) is 2.54. The SMILES string of the molecule is COc1ccc(-c2cn(C)nc2C(=O)N2CC(F)(F)C[C@@H](C)C2CNc2ncc(C(F)(F)F)cn2)nc1. The van der Waals surface area contributed by atoms with Crippen LogP contribution in [0.3, 0.4) is 0 Å². The van der Waals surface area contributed by atoms with Crippen molar-refractivity contribution in [3.05, 3.63) is 48.2 Å². The molecule has 0 saturated carbocycles. The standard InChI is InChI=1S/C23H24F5N7O2/c1-13-6-22(24,25)12-35(18(13)10-32-21-30-7-14(8-31-21)23(26,27)28)20(36)19-16(11-34(2)33-19)17-5-4-15(37-3)9-29-17/h4-5,7-9,11,13,18H,6,10,12H2,1-3H3,(H,30,31,32)/t13-,18?/m1/s1. The average Bonchev–Trinajstić information content (AvgIpc) is 3.23. The highest BCUT2D eigenvalue weighted by Gasteiger charge is 2.47. The molecule has 0 radical (unpaired) electrons. The van der Waals surface area contributed by atoms with E-state index >= 15 is 0 Å². The molecule has 1 fully saturated rings. The second-order valence-electron chi connectivity index (χ2n) is 8.86. The molecule has 1 saturated heterocycles. The molecule has 0 aromatic carbocycles. The molecule has 0 bridgehead atoms. The van der Waals surface area contributed by atoms with Gasteiger partial charge in [-0.05, 0) is 18.1 Å². The molecule has 0 spiro atoms. The molecule has 1 N–H and O–H groups in total. The molecular formula is C23H24F5N7O2. The van der Waals surface area contributed by atoms with Gasteiger partial charge in [0.05, 0.1) is 42.7 Å². The van der Waals surface area contributed by atoms with Crippen LogP contribution in [0.2, 0.25) is 0 Å². The lowest BCUT2D eigenvalue weighted by Crippen LogP contribution is -2.57. The summed E-state index contributed by atoms with van der Waals surface area (Å²) >= 11 is 0. The maximum absolute atomic E-state index is 14.6. The highest BCUT2D eigenvalue weighted by Crippen LogP contribution is 2.36. The molecule has 1 amide bonds. The van der Waals surface area contributed by atoms with Crippen molar-refractivity contribution in [1.82, 2.24) is 29.6 Å². The van der Waals surface area contributed by atoms with Gasteiger partial charge in [0, 0.05) is 38.6 Å². The fourth-order valence-corrected chi connectivity index (χ4v) is 4.27. The number of carbonyl (C=O) groups is 1. The Kier molecular flexibility index (Phi) is 7.02. The number of amides is 1. The Bertz CT molecular complexity index is 1250. The van der Waals surface area contributed by atoms with E-state index in [0.717, 1.165) is 4.90 Å². The first kappa shape index (κ1) is 26.2. The minimum absolute atomic E-state index is 0.0548. The number of likely N-dealkylation sites (tertiary alicyclic amines) is 1. The molecule has 37 heavy (non-hydrogen) atoms. The van der Waals surface area contributed by atoms with Crippen LogP contribution in [0.5, 0.6) is 5.75 Å². The van der Waals surface area contributed by atoms with Crippen LogP contribution < -0.4 is 10.1 Å². The summed E-state index contributed by atoms with van der Waals surface area (Å²) in [7, 11) is 3.08. The summed E-state index contributed by atoms with van der Waals surface area (Å²) in [6.45, 7) is 0.678. The summed E-state index contributed by atoms with van der Waals surface area (Å²) in [5.74, 6) is -4.13. The number of carbonyl (C=O) groups excluding carboxylic acids is 1. The lowest BCUT2D eigenvalue weighted by Gasteiger charge is -2.43. The number of piperidine rings is 1. The zero-order valence-corrected chi connectivity index (χ0v) is 20.1. The van der Waals surface area contributed by atoms with Crippen LogP contribution in [0.1, 0.15) is 29.4 Å². The summed E-state index contributed by atoms with van der Waals surface area (Å²) in [6.07, 6.45) is -0.782. The number of methoxy groups -OCH3 is 1. The molecule has 1 aliphatic rings. The molecule has 1 aliphatic heterocycles. The number of aryl methyl sites for hydroxylation is 1. The Morgan fingerprint density at radius 3 is 2.49 bits per heavy atom. The van der Waals surface area contributed by atoms with E-state index in [1.807, 2.05) is 0 Å². The van der Waals surface area contributed by atoms with E-state index in [-0.39, 0.29) is 18.2 Å². The van der Waals surface area contributed by atoms with Crippen LogP contribution in [0.4, 0.5) is 27.9 Å². The number of anilines is 1. The zero-order valence-electron chi connectivity index (χ0n) is 20.1. The van der Waals surface area contributed by atoms with Gasteiger partial charge in [-0.15, -0.1) is 0 Å². The molecule has 198 valence electrons. The fraction of sp³-hybridized carbons (Fsp3) is 0.435. The molecular weight excluding hydrogens is 501 g/mol. The largest absolute Gasteiger partial charge is 0.495 e. The van der Waals surface area contributed by atoms with E-state index in [1.54, 1.807) is 32.3 Å². The smallest absolute Gasteiger partial charge is 0.419 e. The van der Waals surface area contributed by atoms with Crippen LogP contribution in [0.25, 0.3) is 11.3 Å². The van der Waals surface area contributed by atoms with Crippen LogP contribution in [-0.2, 0) is 13.2 Å². The highest BCUT2D eigenvalue weighted by molar-refractivity contribution is 5.98. The number of rotatable bonds is 6. The van der Waals surface area contributed by atoms with Crippen molar-refractivity contribution in [1.29, 1.82) is 0 Å². The number of nitrogens with one attached hydrogen (secondary N) is 1. The van der Waals surface area contributed by atoms with Gasteiger partial charge in [0.2, 0.25) is 5.95 Å². The fourth-order valence-electron chi connectivity index (χ4n) is 4.27. The van der Waals surface area contributed by atoms with Gasteiger partial charge in [0.25, 0.3) is 11.8 Å². The van der Waals surface area contributed by atoms with Gasteiger partial charge < -0.3 is 15.0 Å². The van der Waals surface area contributed by atoms with Crippen LogP contribution >= 0.6 is 0 Å². The minimum Gasteiger partial charge on any atom is -0.495 e. The Balaban J connectivity index is 1.60. The Morgan fingerprint density at radius 2 is 1.89 bits per heavy atom. The summed E-state index contributed by atoms with van der Waals surface area (Å²) in [5.41, 5.74) is -0.312. The third-order valence-corrected chi connectivity index (χ3v) is 6.07. The first-order chi connectivity index (χ1) is 17.4. The monoisotopic (exact) mass is 525 g/mol. The predicted octanol–water partition coefficient (Wildman–Crippen LogP) is 3.90. The van der Waals surface area contributed by atoms with Gasteiger partial charge in [-0.1, -0.05) is 6.92 Å². The number of ether oxygens (including phenoxy) is 1. The van der Waals surface area contributed by atoms with E-state index in [9.17, 15) is 26.7 Å². The first-order valence-electron chi connectivity index (χ1n) is 11.2. The van der Waals surface area contributed by atoms with E-state index in [0.29, 0.717) is 29.4 Å². The molecule has 3 aromatic heterocycles. The van der Waals surface area contributed by atoms with Gasteiger partial charge in [-0.2, -0.15) is 18.3 Å². The van der Waals surface area contributed by atoms with Crippen LogP contribution in [0, 0.1) is 5.92 Å². The number of nitrogens with zero attached hydrogens (tertiary/aromatic N) is 6. The second-order valence-corrected chi connectivity index (χ2v) is 8.86. The molecule has 4 heterocycles. The number of alkyl halides is 5. The van der Waals surface area contributed by atoms with Gasteiger partial charge in [0.1, 0.15) is 5.75 Å². The minimum atomic E-state index is -4.59. The first-order valence-corrected chi connectivity index (χ1v) is 11.2. The third-order valence-electron chi connectivity index (χ3n) is 6.07. The maximum atomic E-state index is 14.6. The lowest BCUT2D eigenvalue weighted by molar-refractivity contribution is -0.138. The van der Waals surface area contributed by atoms with E-state index < -0.39 is 48.5 Å². The van der Waals surface area contributed by atoms with E-state index in [1.165, 1.54) is 18.0 Å². The van der Waals surface area contributed by atoms with Crippen LogP contribution in [-0.4, -0.2) is 67.7 Å². The summed E-state index contributed by atoms with van der Waals surface area (Å²) in [5, 5.41) is 6.99. The third kappa shape index (κ3) is 5.78. The van der Waals surface area contributed by atoms with Crippen molar-refractivity contribution >= 4 is 11.9 Å². The van der Waals surface area contributed by atoms with Crippen molar-refractivity contribution in [3.63, 3.8) is 0 Å². The molecule has 1 unspecified atom stereocenters. The second kappa shape index (κ2) is 9.90. The number of aromatic nitrogens is 5. The Labute approximate surface area is 208 Å². The van der Waals surface area contributed by atoms with Crippen molar-refractivity contribution in [2.24, 2.45) is 13.0 Å². The molecule has 14 heteroatoms. The molecule has 3 aromatic rings. The number of pyridine rings is 1. The van der Waals surface area contributed by atoms with Crippen molar-refractivity contribution in [2.75, 3.05) is 25.5 Å². The van der Waals surface area contributed by atoms with E-state index in [4.69, 9.17) is 4.74 Å². The maximum Gasteiger partial charge on any atom is 0.419 e. The number of hydrogen-bond acceptors (Lipinski definition) is 7. The molecule has 4 rings (SSSR count). The van der Waals surface area contributed by atoms with E-state index in [2.05, 4.69) is 25.4 Å². The van der Waals surface area contributed by atoms with Gasteiger partial charge in [-0.25, -0.2) is 18.7 Å². The quantitative estimate of drug-likeness (QED) is 0.488. The highest BCUT2D eigenvalue weighted by atomic mass is 19.4. The van der Waals surface area contributed by atoms with Gasteiger partial charge in [0.15, 0.2) is 5.69 Å². The number of halogens is 5. The normalized spacial score (nSPS) is 19.5. The average molecular weight is 525 g/mol. The lowest BCUT2D eigenvalue weighted by atomic mass is 9.88. The van der Waals surface area contributed by atoms with Crippen LogP contribution in [0.15, 0.2) is 36.9 Å². The molecule has 9 nitrogen and oxygen atoms in total.